The van der Waals surface area contributed by atoms with Crippen molar-refractivity contribution < 1.29 is 22.3 Å². The summed E-state index contributed by atoms with van der Waals surface area (Å²) in [5, 5.41) is 12.2. The zero-order valence-corrected chi connectivity index (χ0v) is 19.3. The van der Waals surface area contributed by atoms with Crippen LogP contribution in [0.3, 0.4) is 0 Å². The van der Waals surface area contributed by atoms with Gasteiger partial charge in [-0.05, 0) is 43.0 Å². The molecule has 3 heterocycles. The Morgan fingerprint density at radius 1 is 1.25 bits per heavy atom. The number of fused-ring (bicyclic) bond motifs is 1. The molecule has 5 rings (SSSR count). The fourth-order valence-corrected chi connectivity index (χ4v) is 4.24. The van der Waals surface area contributed by atoms with Crippen molar-refractivity contribution in [2.75, 3.05) is 7.11 Å². The molecule has 4 aromatic rings. The molecule has 1 aromatic carbocycles. The number of rotatable bonds is 6. The van der Waals surface area contributed by atoms with Gasteiger partial charge in [0.05, 0.1) is 13.2 Å². The molecular formula is C24H21F3N6O3. The van der Waals surface area contributed by atoms with Crippen LogP contribution in [0.2, 0.25) is 0 Å². The number of nitrogens with one attached hydrogen (secondary N) is 1. The Morgan fingerprint density at radius 3 is 2.75 bits per heavy atom. The number of alkyl halides is 3. The summed E-state index contributed by atoms with van der Waals surface area (Å²) in [6, 6.07) is 6.89. The molecule has 1 N–H and O–H groups in total. The number of methoxy groups -OCH3 is 1. The van der Waals surface area contributed by atoms with E-state index < -0.39 is 23.4 Å². The number of hydrogen-bond acceptors (Lipinski definition) is 7. The van der Waals surface area contributed by atoms with Crippen molar-refractivity contribution in [3.8, 4) is 17.3 Å². The second kappa shape index (κ2) is 9.10. The first-order valence-electron chi connectivity index (χ1n) is 11.1. The van der Waals surface area contributed by atoms with Gasteiger partial charge < -0.3 is 14.1 Å². The van der Waals surface area contributed by atoms with E-state index in [1.165, 1.54) is 10.8 Å². The molecule has 36 heavy (non-hydrogen) atoms. The van der Waals surface area contributed by atoms with E-state index in [0.29, 0.717) is 18.0 Å². The van der Waals surface area contributed by atoms with Crippen molar-refractivity contribution in [2.24, 2.45) is 0 Å². The van der Waals surface area contributed by atoms with Crippen molar-refractivity contribution in [1.29, 1.82) is 0 Å². The van der Waals surface area contributed by atoms with Gasteiger partial charge in [0.25, 0.3) is 11.4 Å². The van der Waals surface area contributed by atoms with Crippen molar-refractivity contribution >= 4 is 11.0 Å². The summed E-state index contributed by atoms with van der Waals surface area (Å²) in [4.78, 5) is 20.7. The lowest BCUT2D eigenvalue weighted by molar-refractivity contribution is -0.0941. The number of halogens is 3. The Balaban J connectivity index is 1.61. The minimum absolute atomic E-state index is 0.0377. The lowest BCUT2D eigenvalue weighted by Gasteiger charge is -2.22. The van der Waals surface area contributed by atoms with E-state index in [9.17, 15) is 18.0 Å². The standard InChI is InChI=1S/C24H21F3N6O3/c1-13(15-6-8-16(9-7-15)24(25,26)27)33-21-19(20(32-33)23-31-28-12-36-23)22(34)30-18(29-21)11-14-4-3-5-17(10-14)35-2/h3-6,8,10,12-13H,7,9,11H2,1-2H3,(H,29,30,34). The van der Waals surface area contributed by atoms with E-state index in [1.54, 1.807) is 14.0 Å². The molecule has 0 aliphatic heterocycles. The fraction of sp³-hybridized carbons (Fsp3) is 0.292. The maximum Gasteiger partial charge on any atom is 0.412 e. The number of benzene rings is 1. The molecule has 0 spiro atoms. The molecule has 0 bridgehead atoms. The largest absolute Gasteiger partial charge is 0.497 e. The number of H-pyrrole nitrogens is 1. The van der Waals surface area contributed by atoms with Crippen LogP contribution in [0.4, 0.5) is 13.2 Å². The normalized spacial score (nSPS) is 15.0. The lowest BCUT2D eigenvalue weighted by atomic mass is 9.94. The minimum atomic E-state index is -4.36. The first-order chi connectivity index (χ1) is 17.2. The van der Waals surface area contributed by atoms with Crippen LogP contribution in [0.1, 0.15) is 37.2 Å². The summed E-state index contributed by atoms with van der Waals surface area (Å²) in [7, 11) is 1.57. The van der Waals surface area contributed by atoms with Gasteiger partial charge in [-0.3, -0.25) is 4.79 Å². The van der Waals surface area contributed by atoms with Gasteiger partial charge in [0.1, 0.15) is 17.0 Å². The number of ether oxygens (including phenoxy) is 1. The van der Waals surface area contributed by atoms with Crippen LogP contribution >= 0.6 is 0 Å². The first kappa shape index (κ1) is 23.5. The molecule has 9 nitrogen and oxygen atoms in total. The Labute approximate surface area is 202 Å². The van der Waals surface area contributed by atoms with Gasteiger partial charge in [-0.2, -0.15) is 18.3 Å². The molecule has 3 aromatic heterocycles. The topological polar surface area (TPSA) is 112 Å². The van der Waals surface area contributed by atoms with Crippen LogP contribution in [-0.4, -0.2) is 43.2 Å². The van der Waals surface area contributed by atoms with Gasteiger partial charge in [-0.15, -0.1) is 10.2 Å². The Hall–Kier alpha value is -4.22. The molecule has 1 atom stereocenters. The number of hydrogen-bond donors (Lipinski definition) is 1. The van der Waals surface area contributed by atoms with Gasteiger partial charge in [0, 0.05) is 12.0 Å². The molecule has 0 fully saturated rings. The summed E-state index contributed by atoms with van der Waals surface area (Å²) in [6.45, 7) is 1.80. The number of aromatic amines is 1. The van der Waals surface area contributed by atoms with E-state index in [-0.39, 0.29) is 35.5 Å². The van der Waals surface area contributed by atoms with Crippen LogP contribution in [0.25, 0.3) is 22.6 Å². The van der Waals surface area contributed by atoms with Crippen molar-refractivity contribution in [3.63, 3.8) is 0 Å². The second-order valence-corrected chi connectivity index (χ2v) is 8.38. The summed E-state index contributed by atoms with van der Waals surface area (Å²) < 4.78 is 51.3. The van der Waals surface area contributed by atoms with E-state index >= 15 is 0 Å². The zero-order chi connectivity index (χ0) is 25.4. The molecule has 0 radical (unpaired) electrons. The monoisotopic (exact) mass is 498 g/mol. The highest BCUT2D eigenvalue weighted by Gasteiger charge is 2.34. The zero-order valence-electron chi connectivity index (χ0n) is 19.3. The van der Waals surface area contributed by atoms with Gasteiger partial charge >= 0.3 is 6.18 Å². The van der Waals surface area contributed by atoms with Gasteiger partial charge in [-0.1, -0.05) is 24.3 Å². The predicted molar refractivity (Wildman–Crippen MR) is 123 cm³/mol. The third kappa shape index (κ3) is 4.41. The molecule has 0 saturated heterocycles. The first-order valence-corrected chi connectivity index (χ1v) is 11.1. The molecule has 0 amide bonds. The highest BCUT2D eigenvalue weighted by atomic mass is 19.4. The van der Waals surface area contributed by atoms with Crippen molar-refractivity contribution in [3.05, 3.63) is 75.7 Å². The van der Waals surface area contributed by atoms with E-state index in [0.717, 1.165) is 23.6 Å². The average molecular weight is 498 g/mol. The molecule has 0 saturated carbocycles. The molecule has 1 aliphatic rings. The summed E-state index contributed by atoms with van der Waals surface area (Å²) in [5.74, 6) is 1.10. The lowest BCUT2D eigenvalue weighted by Crippen LogP contribution is -2.18. The quantitative estimate of drug-likeness (QED) is 0.415. The van der Waals surface area contributed by atoms with Crippen LogP contribution < -0.4 is 10.3 Å². The fourth-order valence-electron chi connectivity index (χ4n) is 4.24. The summed E-state index contributed by atoms with van der Waals surface area (Å²) in [6.07, 6.45) is -0.309. The van der Waals surface area contributed by atoms with Gasteiger partial charge in [-0.25, -0.2) is 9.67 Å². The molecular weight excluding hydrogens is 477 g/mol. The molecule has 186 valence electrons. The highest BCUT2D eigenvalue weighted by Crippen LogP contribution is 2.36. The SMILES string of the molecule is COc1cccc(Cc2nc3c(c(-c4nnco4)nn3C(C)C3=CC=C(C(F)(F)F)CC3)c(=O)[nH]2)c1. The van der Waals surface area contributed by atoms with E-state index in [2.05, 4.69) is 25.3 Å². The van der Waals surface area contributed by atoms with Gasteiger partial charge in [0.15, 0.2) is 11.3 Å². The van der Waals surface area contributed by atoms with Crippen molar-refractivity contribution in [2.45, 2.75) is 38.4 Å². The number of nitrogens with zero attached hydrogens (tertiary/aromatic N) is 5. The minimum Gasteiger partial charge on any atom is -0.497 e. The van der Waals surface area contributed by atoms with Crippen LogP contribution in [0, 0.1) is 0 Å². The third-order valence-electron chi connectivity index (χ3n) is 6.13. The maximum absolute atomic E-state index is 13.2. The Morgan fingerprint density at radius 2 is 2.08 bits per heavy atom. The third-order valence-corrected chi connectivity index (χ3v) is 6.13. The van der Waals surface area contributed by atoms with E-state index in [1.807, 2.05) is 24.3 Å². The predicted octanol–water partition coefficient (Wildman–Crippen LogP) is 4.54. The smallest absolute Gasteiger partial charge is 0.412 e. The molecule has 1 unspecified atom stereocenters. The number of allylic oxidation sites excluding steroid dienone is 4. The Bertz CT molecular complexity index is 1530. The van der Waals surface area contributed by atoms with E-state index in [4.69, 9.17) is 9.15 Å². The molecule has 1 aliphatic carbocycles. The summed E-state index contributed by atoms with van der Waals surface area (Å²) >= 11 is 0. The van der Waals surface area contributed by atoms with Crippen LogP contribution in [0.5, 0.6) is 5.75 Å². The van der Waals surface area contributed by atoms with Gasteiger partial charge in [0.2, 0.25) is 6.39 Å². The highest BCUT2D eigenvalue weighted by molar-refractivity contribution is 5.88. The van der Waals surface area contributed by atoms with Crippen LogP contribution in [-0.2, 0) is 6.42 Å². The second-order valence-electron chi connectivity index (χ2n) is 8.38. The average Bonchev–Trinajstić information content (AvgIpc) is 3.52. The number of aromatic nitrogens is 6. The molecule has 12 heteroatoms. The Kier molecular flexibility index (Phi) is 5.94. The van der Waals surface area contributed by atoms with Crippen molar-refractivity contribution in [1.82, 2.24) is 29.9 Å². The van der Waals surface area contributed by atoms with Crippen LogP contribution in [0.15, 0.2) is 63.2 Å². The maximum atomic E-state index is 13.2. The summed E-state index contributed by atoms with van der Waals surface area (Å²) in [5.41, 5.74) is 0.989.